The Morgan fingerprint density at radius 2 is 1.70 bits per heavy atom. The average molecular weight is 394 g/mol. The summed E-state index contributed by atoms with van der Waals surface area (Å²) >= 11 is 4.56. The Labute approximate surface area is 160 Å². The maximum atomic E-state index is 12.5. The molecule has 1 atom stereocenters. The van der Waals surface area contributed by atoms with Crippen molar-refractivity contribution in [1.29, 1.82) is 0 Å². The lowest BCUT2D eigenvalue weighted by Gasteiger charge is -2.14. The molecule has 0 aliphatic rings. The number of hydrogen-bond acceptors (Lipinski definition) is 8. The second kappa shape index (κ2) is 9.97. The molecule has 144 valence electrons. The Balaban J connectivity index is 3.20. The molecule has 0 bridgehead atoms. The third-order valence-corrected chi connectivity index (χ3v) is 3.28. The van der Waals surface area contributed by atoms with Crippen LogP contribution in [0.15, 0.2) is 29.4 Å². The number of thiocarbonyl (C=S) groups is 1. The van der Waals surface area contributed by atoms with Gasteiger partial charge in [-0.25, -0.2) is 4.79 Å². The van der Waals surface area contributed by atoms with E-state index in [1.54, 1.807) is 24.3 Å². The van der Waals surface area contributed by atoms with Gasteiger partial charge in [-0.05, 0) is 31.3 Å². The highest BCUT2D eigenvalue weighted by Crippen LogP contribution is 2.12. The number of hydrazone groups is 1. The molecule has 0 aromatic heterocycles. The molecule has 1 aromatic carbocycles. The van der Waals surface area contributed by atoms with Crippen molar-refractivity contribution >= 4 is 52.4 Å². The third-order valence-electron chi connectivity index (χ3n) is 3.19. The number of amides is 1. The van der Waals surface area contributed by atoms with E-state index in [0.717, 1.165) is 19.8 Å². The predicted octanol–water partition coefficient (Wildman–Crippen LogP) is -0.346. The van der Waals surface area contributed by atoms with E-state index in [2.05, 4.69) is 37.5 Å². The topological polar surface area (TPSA) is 149 Å². The number of aryl methyl sites for hydroxylation is 1. The summed E-state index contributed by atoms with van der Waals surface area (Å²) in [5.74, 6) is -6.74. The van der Waals surface area contributed by atoms with Gasteiger partial charge >= 0.3 is 11.9 Å². The summed E-state index contributed by atoms with van der Waals surface area (Å²) in [4.78, 5) is 48.8. The summed E-state index contributed by atoms with van der Waals surface area (Å²) in [7, 11) is 1.99. The van der Waals surface area contributed by atoms with Crippen molar-refractivity contribution < 1.29 is 28.7 Å². The van der Waals surface area contributed by atoms with Crippen LogP contribution >= 0.6 is 12.2 Å². The molecule has 10 nitrogen and oxygen atoms in total. The number of benzene rings is 1. The number of ether oxygens (including phenoxy) is 2. The van der Waals surface area contributed by atoms with Gasteiger partial charge in [0.15, 0.2) is 16.7 Å². The van der Waals surface area contributed by atoms with Crippen LogP contribution in [0.25, 0.3) is 0 Å². The summed E-state index contributed by atoms with van der Waals surface area (Å²) in [6.07, 6.45) is 0. The van der Waals surface area contributed by atoms with Crippen LogP contribution in [0.5, 0.6) is 0 Å². The van der Waals surface area contributed by atoms with Crippen molar-refractivity contribution in [3.05, 3.63) is 29.8 Å². The van der Waals surface area contributed by atoms with Crippen molar-refractivity contribution in [2.45, 2.75) is 6.92 Å². The van der Waals surface area contributed by atoms with E-state index in [4.69, 9.17) is 5.73 Å². The smallest absolute Gasteiger partial charge is 0.355 e. The first-order chi connectivity index (χ1) is 12.7. The van der Waals surface area contributed by atoms with Gasteiger partial charge in [0.05, 0.1) is 14.2 Å². The van der Waals surface area contributed by atoms with Crippen LogP contribution in [-0.2, 0) is 28.7 Å². The molecule has 0 spiro atoms. The number of carbonyl (C=O) groups is 4. The number of nitrogens with two attached hydrogens (primary N) is 1. The number of carbonyl (C=O) groups excluding carboxylic acids is 4. The molecule has 0 heterocycles. The number of anilines is 1. The van der Waals surface area contributed by atoms with E-state index in [9.17, 15) is 19.2 Å². The predicted molar refractivity (Wildman–Crippen MR) is 99.7 cm³/mol. The van der Waals surface area contributed by atoms with Crippen molar-refractivity contribution in [3.8, 4) is 0 Å². The molecule has 4 N–H and O–H groups in total. The van der Waals surface area contributed by atoms with Gasteiger partial charge < -0.3 is 20.5 Å². The highest BCUT2D eigenvalue weighted by atomic mass is 32.1. The van der Waals surface area contributed by atoms with E-state index >= 15 is 0 Å². The number of esters is 2. The van der Waals surface area contributed by atoms with Crippen LogP contribution in [0.3, 0.4) is 0 Å². The number of hydrogen-bond donors (Lipinski definition) is 3. The van der Waals surface area contributed by atoms with E-state index in [0.29, 0.717) is 5.69 Å². The number of ketones is 1. The maximum Gasteiger partial charge on any atom is 0.355 e. The number of nitrogens with one attached hydrogen (secondary N) is 2. The molecular formula is C16H18N4O6S. The van der Waals surface area contributed by atoms with E-state index < -0.39 is 35.3 Å². The van der Waals surface area contributed by atoms with Crippen LogP contribution in [0.2, 0.25) is 0 Å². The van der Waals surface area contributed by atoms with Crippen LogP contribution in [0.4, 0.5) is 5.69 Å². The Bertz CT molecular complexity index is 791. The number of nitrogens with zero attached hydrogens (tertiary/aromatic N) is 1. The Hall–Kier alpha value is -3.34. The minimum Gasteiger partial charge on any atom is -0.468 e. The minimum atomic E-state index is -1.98. The Kier molecular flexibility index (Phi) is 8.01. The molecule has 0 saturated heterocycles. The molecule has 1 unspecified atom stereocenters. The van der Waals surface area contributed by atoms with Gasteiger partial charge in [-0.1, -0.05) is 17.7 Å². The maximum absolute atomic E-state index is 12.5. The van der Waals surface area contributed by atoms with E-state index in [1.807, 2.05) is 6.92 Å². The quantitative estimate of drug-likeness (QED) is 0.141. The van der Waals surface area contributed by atoms with Gasteiger partial charge in [0.1, 0.15) is 0 Å². The molecular weight excluding hydrogens is 376 g/mol. The van der Waals surface area contributed by atoms with Crippen molar-refractivity contribution in [2.75, 3.05) is 19.5 Å². The average Bonchev–Trinajstić information content (AvgIpc) is 2.64. The second-order valence-corrected chi connectivity index (χ2v) is 5.55. The number of Topliss-reactive ketones (excluding diaryl/α,β-unsaturated/α-hetero) is 1. The minimum absolute atomic E-state index is 0.320. The molecule has 0 radical (unpaired) electrons. The monoisotopic (exact) mass is 394 g/mol. The van der Waals surface area contributed by atoms with Crippen LogP contribution < -0.4 is 16.5 Å². The van der Waals surface area contributed by atoms with Gasteiger partial charge in [0.25, 0.3) is 5.91 Å². The lowest BCUT2D eigenvalue weighted by Crippen LogP contribution is -2.44. The van der Waals surface area contributed by atoms with Crippen LogP contribution in [0, 0.1) is 12.8 Å². The zero-order valence-corrected chi connectivity index (χ0v) is 15.6. The summed E-state index contributed by atoms with van der Waals surface area (Å²) in [6.45, 7) is 1.85. The van der Waals surface area contributed by atoms with Gasteiger partial charge in [-0.15, -0.1) is 0 Å². The molecule has 1 rings (SSSR count). The summed E-state index contributed by atoms with van der Waals surface area (Å²) in [5.41, 5.74) is 7.82. The lowest BCUT2D eigenvalue weighted by molar-refractivity contribution is -0.150. The number of methoxy groups -OCH3 is 2. The van der Waals surface area contributed by atoms with Crippen molar-refractivity contribution in [2.24, 2.45) is 16.8 Å². The van der Waals surface area contributed by atoms with Crippen LogP contribution in [-0.4, -0.2) is 48.7 Å². The van der Waals surface area contributed by atoms with Crippen molar-refractivity contribution in [3.63, 3.8) is 0 Å². The molecule has 27 heavy (non-hydrogen) atoms. The molecule has 0 saturated carbocycles. The van der Waals surface area contributed by atoms with Gasteiger partial charge in [-0.2, -0.15) is 5.10 Å². The highest BCUT2D eigenvalue weighted by molar-refractivity contribution is 7.80. The van der Waals surface area contributed by atoms with Crippen LogP contribution in [0.1, 0.15) is 5.56 Å². The first-order valence-corrected chi connectivity index (χ1v) is 7.83. The highest BCUT2D eigenvalue weighted by Gasteiger charge is 2.41. The summed E-state index contributed by atoms with van der Waals surface area (Å²) < 4.78 is 9.01. The van der Waals surface area contributed by atoms with Crippen molar-refractivity contribution in [1.82, 2.24) is 5.43 Å². The fraction of sp³-hybridized carbons (Fsp3) is 0.250. The zero-order valence-electron chi connectivity index (χ0n) is 14.8. The third kappa shape index (κ3) is 6.15. The van der Waals surface area contributed by atoms with Gasteiger partial charge in [-0.3, -0.25) is 19.8 Å². The SMILES string of the molecule is COC(=O)/C(=N\NC(N)=S)C(C(=O)OC)C(=O)C(=O)Nc1ccc(C)cc1. The van der Waals surface area contributed by atoms with Gasteiger partial charge in [0, 0.05) is 5.69 Å². The number of rotatable bonds is 7. The summed E-state index contributed by atoms with van der Waals surface area (Å²) in [5, 5.41) is 5.50. The first-order valence-electron chi connectivity index (χ1n) is 7.42. The molecule has 0 aliphatic carbocycles. The van der Waals surface area contributed by atoms with Gasteiger partial charge in [0.2, 0.25) is 5.78 Å². The molecule has 1 aromatic rings. The first kappa shape index (κ1) is 21.7. The molecule has 0 aliphatic heterocycles. The fourth-order valence-electron chi connectivity index (χ4n) is 1.87. The largest absolute Gasteiger partial charge is 0.468 e. The molecule has 11 heteroatoms. The standard InChI is InChI=1S/C16H18N4O6S/c1-8-4-6-9(7-5-8)18-13(22)12(21)10(14(23)25-2)11(15(24)26-3)19-20-16(17)27/h4-7,10H,1-3H3,(H,18,22)(H3,17,20,27)/b19-11-. The normalized spacial score (nSPS) is 11.7. The Morgan fingerprint density at radius 1 is 1.11 bits per heavy atom. The fourth-order valence-corrected chi connectivity index (χ4v) is 1.91. The Morgan fingerprint density at radius 3 is 2.19 bits per heavy atom. The van der Waals surface area contributed by atoms with E-state index in [-0.39, 0.29) is 5.11 Å². The second-order valence-electron chi connectivity index (χ2n) is 5.11. The molecule has 0 fully saturated rings. The lowest BCUT2D eigenvalue weighted by atomic mass is 9.97. The summed E-state index contributed by atoms with van der Waals surface area (Å²) in [6, 6.07) is 6.56. The zero-order chi connectivity index (χ0) is 20.6. The molecule has 1 amide bonds. The van der Waals surface area contributed by atoms with E-state index in [1.165, 1.54) is 0 Å².